The van der Waals surface area contributed by atoms with Gasteiger partial charge in [-0.25, -0.2) is 0 Å². The van der Waals surface area contributed by atoms with Gasteiger partial charge < -0.3 is 20.5 Å². The molecular weight excluding hydrogens is 374 g/mol. The molecule has 3 N–H and O–H groups in total. The van der Waals surface area contributed by atoms with Crippen molar-refractivity contribution in [2.45, 2.75) is 18.9 Å². The van der Waals surface area contributed by atoms with Crippen molar-refractivity contribution >= 4 is 28.8 Å². The molecule has 140 valence electrons. The van der Waals surface area contributed by atoms with Gasteiger partial charge in [0.25, 0.3) is 0 Å². The monoisotopic (exact) mass is 395 g/mol. The van der Waals surface area contributed by atoms with Crippen LogP contribution >= 0.6 is 22.9 Å². The first-order valence-electron chi connectivity index (χ1n) is 8.53. The van der Waals surface area contributed by atoms with Crippen LogP contribution in [0.1, 0.15) is 12.8 Å². The molecule has 8 heteroatoms. The minimum atomic E-state index is -0.619. The summed E-state index contributed by atoms with van der Waals surface area (Å²) in [6, 6.07) is 5.49. The Morgan fingerprint density at radius 2 is 2.19 bits per heavy atom. The predicted octanol–water partition coefficient (Wildman–Crippen LogP) is 2.40. The van der Waals surface area contributed by atoms with Gasteiger partial charge in [0, 0.05) is 23.7 Å². The van der Waals surface area contributed by atoms with E-state index in [1.54, 1.807) is 17.8 Å². The number of benzene rings is 1. The number of aliphatic hydroxyl groups excluding tert-OH is 1. The number of aliphatic hydroxyl groups is 1. The summed E-state index contributed by atoms with van der Waals surface area (Å²) in [4.78, 5) is 18.4. The molecule has 1 saturated heterocycles. The third-order valence-corrected chi connectivity index (χ3v) is 5.53. The SMILES string of the molecule is NC(=O)C1CCN(CC(O)COc2cc(Cl)cc(-c3cncs3)c2)CC1. The molecule has 1 aliphatic rings. The average molecular weight is 396 g/mol. The van der Waals surface area contributed by atoms with E-state index in [2.05, 4.69) is 9.88 Å². The van der Waals surface area contributed by atoms with Crippen molar-refractivity contribution in [3.63, 3.8) is 0 Å². The number of nitrogens with zero attached hydrogens (tertiary/aromatic N) is 2. The summed E-state index contributed by atoms with van der Waals surface area (Å²) >= 11 is 7.70. The topological polar surface area (TPSA) is 88.7 Å². The second-order valence-electron chi connectivity index (χ2n) is 6.48. The fourth-order valence-electron chi connectivity index (χ4n) is 3.09. The van der Waals surface area contributed by atoms with Crippen molar-refractivity contribution in [1.82, 2.24) is 9.88 Å². The molecule has 1 aromatic heterocycles. The van der Waals surface area contributed by atoms with Crippen molar-refractivity contribution in [3.05, 3.63) is 34.9 Å². The quantitative estimate of drug-likeness (QED) is 0.751. The Morgan fingerprint density at radius 1 is 1.42 bits per heavy atom. The van der Waals surface area contributed by atoms with Crippen LogP contribution in [-0.2, 0) is 4.79 Å². The molecule has 0 radical (unpaired) electrons. The number of β-amino-alcohol motifs (C(OH)–C–C–N with tert-alkyl or cyclic N) is 1. The summed E-state index contributed by atoms with van der Waals surface area (Å²) in [7, 11) is 0. The van der Waals surface area contributed by atoms with E-state index >= 15 is 0 Å². The molecule has 1 aromatic carbocycles. The van der Waals surface area contributed by atoms with Gasteiger partial charge in [0.15, 0.2) is 0 Å². The highest BCUT2D eigenvalue weighted by Gasteiger charge is 2.24. The van der Waals surface area contributed by atoms with Crippen LogP contribution in [0.5, 0.6) is 5.75 Å². The van der Waals surface area contributed by atoms with Crippen LogP contribution in [0, 0.1) is 5.92 Å². The predicted molar refractivity (Wildman–Crippen MR) is 102 cm³/mol. The highest BCUT2D eigenvalue weighted by Crippen LogP contribution is 2.30. The van der Waals surface area contributed by atoms with E-state index in [1.165, 1.54) is 11.3 Å². The Balaban J connectivity index is 1.50. The second kappa shape index (κ2) is 8.81. The normalized spacial score (nSPS) is 17.2. The van der Waals surface area contributed by atoms with Gasteiger partial charge in [0.05, 0.1) is 10.4 Å². The molecular formula is C18H22ClN3O3S. The first kappa shape index (κ1) is 19.1. The Kier molecular flexibility index (Phi) is 6.48. The van der Waals surface area contributed by atoms with Crippen LogP contribution in [0.4, 0.5) is 0 Å². The number of carbonyl (C=O) groups excluding carboxylic acids is 1. The largest absolute Gasteiger partial charge is 0.491 e. The zero-order valence-corrected chi connectivity index (χ0v) is 15.9. The molecule has 0 aliphatic carbocycles. The highest BCUT2D eigenvalue weighted by atomic mass is 35.5. The number of halogens is 1. The Bertz CT molecular complexity index is 733. The molecule has 26 heavy (non-hydrogen) atoms. The summed E-state index contributed by atoms with van der Waals surface area (Å²) in [5.74, 6) is 0.342. The number of likely N-dealkylation sites (tertiary alicyclic amines) is 1. The van der Waals surface area contributed by atoms with Crippen LogP contribution in [0.3, 0.4) is 0 Å². The van der Waals surface area contributed by atoms with Gasteiger partial charge in [-0.15, -0.1) is 11.3 Å². The zero-order valence-electron chi connectivity index (χ0n) is 14.3. The van der Waals surface area contributed by atoms with Gasteiger partial charge >= 0.3 is 0 Å². The van der Waals surface area contributed by atoms with E-state index in [1.807, 2.05) is 12.1 Å². The number of nitrogens with two attached hydrogens (primary N) is 1. The lowest BCUT2D eigenvalue weighted by atomic mass is 9.96. The molecule has 1 amide bonds. The lowest BCUT2D eigenvalue weighted by molar-refractivity contribution is -0.123. The first-order valence-corrected chi connectivity index (χ1v) is 9.79. The van der Waals surface area contributed by atoms with Crippen LogP contribution < -0.4 is 10.5 Å². The van der Waals surface area contributed by atoms with Crippen molar-refractivity contribution in [3.8, 4) is 16.2 Å². The number of hydrogen-bond acceptors (Lipinski definition) is 6. The molecule has 1 unspecified atom stereocenters. The van der Waals surface area contributed by atoms with Crippen molar-refractivity contribution < 1.29 is 14.6 Å². The summed E-state index contributed by atoms with van der Waals surface area (Å²) in [6.45, 7) is 2.21. The Morgan fingerprint density at radius 3 is 2.85 bits per heavy atom. The van der Waals surface area contributed by atoms with Gasteiger partial charge in [-0.1, -0.05) is 11.6 Å². The maximum Gasteiger partial charge on any atom is 0.220 e. The van der Waals surface area contributed by atoms with E-state index in [0.717, 1.165) is 36.4 Å². The molecule has 0 saturated carbocycles. The van der Waals surface area contributed by atoms with E-state index < -0.39 is 6.10 Å². The number of ether oxygens (including phenoxy) is 1. The first-order chi connectivity index (χ1) is 12.5. The van der Waals surface area contributed by atoms with Gasteiger partial charge in [-0.2, -0.15) is 0 Å². The van der Waals surface area contributed by atoms with E-state index in [0.29, 0.717) is 17.3 Å². The summed E-state index contributed by atoms with van der Waals surface area (Å²) < 4.78 is 5.74. The third-order valence-electron chi connectivity index (χ3n) is 4.49. The van der Waals surface area contributed by atoms with Crippen LogP contribution in [0.2, 0.25) is 5.02 Å². The van der Waals surface area contributed by atoms with Crippen molar-refractivity contribution in [2.75, 3.05) is 26.2 Å². The molecule has 6 nitrogen and oxygen atoms in total. The summed E-state index contributed by atoms with van der Waals surface area (Å²) in [5, 5.41) is 10.8. The molecule has 0 spiro atoms. The van der Waals surface area contributed by atoms with Gasteiger partial charge in [0.1, 0.15) is 18.5 Å². The highest BCUT2D eigenvalue weighted by molar-refractivity contribution is 7.13. The number of amides is 1. The van der Waals surface area contributed by atoms with E-state index in [9.17, 15) is 9.90 Å². The minimum absolute atomic E-state index is 0.0451. The third kappa shape index (κ3) is 5.17. The van der Waals surface area contributed by atoms with Gasteiger partial charge in [-0.05, 0) is 49.7 Å². The number of piperidine rings is 1. The van der Waals surface area contributed by atoms with E-state index in [-0.39, 0.29) is 18.4 Å². The Labute approximate surface area is 161 Å². The molecule has 2 heterocycles. The number of primary amides is 1. The second-order valence-corrected chi connectivity index (χ2v) is 7.81. The smallest absolute Gasteiger partial charge is 0.220 e. The van der Waals surface area contributed by atoms with E-state index in [4.69, 9.17) is 22.1 Å². The number of thiazole rings is 1. The molecule has 1 aliphatic heterocycles. The molecule has 3 rings (SSSR count). The lowest BCUT2D eigenvalue weighted by Crippen LogP contribution is -2.43. The van der Waals surface area contributed by atoms with Crippen molar-refractivity contribution in [1.29, 1.82) is 0 Å². The summed E-state index contributed by atoms with van der Waals surface area (Å²) in [5.41, 5.74) is 8.05. The standard InChI is InChI=1S/C18H22ClN3O3S/c19-14-5-13(17-8-21-11-26-17)6-16(7-14)25-10-15(23)9-22-3-1-12(2-4-22)18(20)24/h5-8,11-12,15,23H,1-4,9-10H2,(H2,20,24). The fraction of sp³-hybridized carbons (Fsp3) is 0.444. The van der Waals surface area contributed by atoms with Crippen LogP contribution in [0.15, 0.2) is 29.9 Å². The average Bonchev–Trinajstić information content (AvgIpc) is 3.15. The molecule has 1 fully saturated rings. The van der Waals surface area contributed by atoms with Gasteiger partial charge in [-0.3, -0.25) is 9.78 Å². The number of aromatic nitrogens is 1. The number of hydrogen-bond donors (Lipinski definition) is 2. The molecule has 2 aromatic rings. The zero-order chi connectivity index (χ0) is 18.5. The Hall–Kier alpha value is -1.67. The minimum Gasteiger partial charge on any atom is -0.491 e. The maximum absolute atomic E-state index is 11.2. The maximum atomic E-state index is 11.2. The summed E-state index contributed by atoms with van der Waals surface area (Å²) in [6.07, 6.45) is 2.65. The van der Waals surface area contributed by atoms with Gasteiger partial charge in [0.2, 0.25) is 5.91 Å². The van der Waals surface area contributed by atoms with Crippen molar-refractivity contribution in [2.24, 2.45) is 11.7 Å². The molecule has 1 atom stereocenters. The van der Waals surface area contributed by atoms with Crippen LogP contribution in [0.25, 0.3) is 10.4 Å². The van der Waals surface area contributed by atoms with Crippen LogP contribution in [-0.4, -0.2) is 53.2 Å². The lowest BCUT2D eigenvalue weighted by Gasteiger charge is -2.31. The number of carbonyl (C=O) groups is 1. The fourth-order valence-corrected chi connectivity index (χ4v) is 3.93. The molecule has 0 bridgehead atoms. The number of rotatable bonds is 7.